The Morgan fingerprint density at radius 1 is 1.38 bits per heavy atom. The molecule has 86 valence electrons. The normalized spacial score (nSPS) is 16.2. The van der Waals surface area contributed by atoms with Crippen LogP contribution in [0.1, 0.15) is 0 Å². The van der Waals surface area contributed by atoms with Gasteiger partial charge in [0, 0.05) is 35.8 Å². The molecular weight excluding hydrogens is 321 g/mol. The Labute approximate surface area is 107 Å². The van der Waals surface area contributed by atoms with E-state index in [1.807, 2.05) is 12.1 Å². The molecule has 6 heteroatoms. The van der Waals surface area contributed by atoms with E-state index in [4.69, 9.17) is 0 Å². The molecule has 1 aliphatic rings. The van der Waals surface area contributed by atoms with Gasteiger partial charge in [-0.05, 0) is 34.7 Å². The maximum absolute atomic E-state index is 11.0. The molecule has 1 aliphatic heterocycles. The molecule has 0 spiro atoms. The van der Waals surface area contributed by atoms with E-state index in [0.29, 0.717) is 0 Å². The predicted molar refractivity (Wildman–Crippen MR) is 70.9 cm³/mol. The van der Waals surface area contributed by atoms with Crippen LogP contribution in [-0.4, -0.2) is 31.1 Å². The van der Waals surface area contributed by atoms with Crippen molar-refractivity contribution in [2.75, 3.05) is 31.1 Å². The number of halogens is 1. The molecule has 0 saturated carbocycles. The topological polar surface area (TPSA) is 58.4 Å². The minimum Gasteiger partial charge on any atom is -0.363 e. The van der Waals surface area contributed by atoms with E-state index in [9.17, 15) is 10.1 Å². The average molecular weight is 333 g/mol. The number of piperazine rings is 1. The maximum atomic E-state index is 11.0. The first-order valence-corrected chi connectivity index (χ1v) is 6.16. The van der Waals surface area contributed by atoms with Gasteiger partial charge >= 0.3 is 0 Å². The van der Waals surface area contributed by atoms with Crippen LogP contribution in [0.4, 0.5) is 11.4 Å². The molecular formula is C10H12IN3O2. The molecule has 1 N–H and O–H groups in total. The lowest BCUT2D eigenvalue weighted by molar-refractivity contribution is -0.384. The summed E-state index contributed by atoms with van der Waals surface area (Å²) in [7, 11) is 0. The molecule has 0 unspecified atom stereocenters. The van der Waals surface area contributed by atoms with Crippen molar-refractivity contribution in [3.8, 4) is 0 Å². The van der Waals surface area contributed by atoms with Gasteiger partial charge in [-0.15, -0.1) is 0 Å². The first-order valence-electron chi connectivity index (χ1n) is 5.08. The number of nitro groups is 1. The van der Waals surface area contributed by atoms with Crippen molar-refractivity contribution >= 4 is 34.0 Å². The van der Waals surface area contributed by atoms with Gasteiger partial charge < -0.3 is 10.2 Å². The monoisotopic (exact) mass is 333 g/mol. The van der Waals surface area contributed by atoms with Crippen LogP contribution in [0.15, 0.2) is 18.2 Å². The van der Waals surface area contributed by atoms with Crippen LogP contribution >= 0.6 is 22.6 Å². The van der Waals surface area contributed by atoms with Crippen LogP contribution in [0.25, 0.3) is 0 Å². The number of nitrogens with zero attached hydrogens (tertiary/aromatic N) is 2. The molecule has 0 atom stereocenters. The number of rotatable bonds is 2. The Bertz CT molecular complexity index is 405. The SMILES string of the molecule is O=[N+]([O-])c1cc(I)ccc1N1CCNCC1. The van der Waals surface area contributed by atoms with Crippen LogP contribution in [0.5, 0.6) is 0 Å². The molecule has 1 heterocycles. The Morgan fingerprint density at radius 3 is 2.69 bits per heavy atom. The van der Waals surface area contributed by atoms with Gasteiger partial charge in [0.05, 0.1) is 4.92 Å². The molecule has 0 radical (unpaired) electrons. The van der Waals surface area contributed by atoms with E-state index in [2.05, 4.69) is 32.8 Å². The lowest BCUT2D eigenvalue weighted by Gasteiger charge is -2.29. The average Bonchev–Trinajstić information content (AvgIpc) is 2.30. The first-order chi connectivity index (χ1) is 7.68. The quantitative estimate of drug-likeness (QED) is 0.508. The smallest absolute Gasteiger partial charge is 0.293 e. The lowest BCUT2D eigenvalue weighted by Crippen LogP contribution is -2.43. The fourth-order valence-corrected chi connectivity index (χ4v) is 2.29. The zero-order valence-corrected chi connectivity index (χ0v) is 10.8. The largest absolute Gasteiger partial charge is 0.363 e. The van der Waals surface area contributed by atoms with Crippen molar-refractivity contribution in [1.82, 2.24) is 5.32 Å². The van der Waals surface area contributed by atoms with Crippen LogP contribution in [0, 0.1) is 13.7 Å². The zero-order valence-electron chi connectivity index (χ0n) is 8.65. The molecule has 5 nitrogen and oxygen atoms in total. The van der Waals surface area contributed by atoms with Crippen LogP contribution in [-0.2, 0) is 0 Å². The minimum atomic E-state index is -0.306. The van der Waals surface area contributed by atoms with E-state index in [0.717, 1.165) is 35.4 Å². The highest BCUT2D eigenvalue weighted by Gasteiger charge is 2.20. The second-order valence-corrected chi connectivity index (χ2v) is 4.87. The number of nitrogens with one attached hydrogen (secondary N) is 1. The summed E-state index contributed by atoms with van der Waals surface area (Å²) in [6.07, 6.45) is 0. The van der Waals surface area contributed by atoms with Gasteiger partial charge in [0.2, 0.25) is 0 Å². The fraction of sp³-hybridized carbons (Fsp3) is 0.400. The molecule has 0 bridgehead atoms. The molecule has 1 aromatic rings. The van der Waals surface area contributed by atoms with Crippen molar-refractivity contribution in [2.45, 2.75) is 0 Å². The van der Waals surface area contributed by atoms with Crippen molar-refractivity contribution in [3.05, 3.63) is 31.9 Å². The van der Waals surface area contributed by atoms with E-state index < -0.39 is 0 Å². The molecule has 1 saturated heterocycles. The Balaban J connectivity index is 2.34. The molecule has 2 rings (SSSR count). The van der Waals surface area contributed by atoms with Gasteiger partial charge in [0.1, 0.15) is 5.69 Å². The lowest BCUT2D eigenvalue weighted by atomic mass is 10.2. The fourth-order valence-electron chi connectivity index (χ4n) is 1.82. The standard InChI is InChI=1S/C10H12IN3O2/c11-8-1-2-9(10(7-8)14(15)16)13-5-3-12-4-6-13/h1-2,7,12H,3-6H2. The summed E-state index contributed by atoms with van der Waals surface area (Å²) in [4.78, 5) is 12.7. The highest BCUT2D eigenvalue weighted by Crippen LogP contribution is 2.29. The van der Waals surface area contributed by atoms with Crippen molar-refractivity contribution < 1.29 is 4.92 Å². The summed E-state index contributed by atoms with van der Waals surface area (Å²) in [5, 5.41) is 14.2. The number of nitro benzene ring substituents is 1. The second kappa shape index (κ2) is 4.96. The van der Waals surface area contributed by atoms with Gasteiger partial charge in [-0.25, -0.2) is 0 Å². The summed E-state index contributed by atoms with van der Waals surface area (Å²) in [5.74, 6) is 0. The van der Waals surface area contributed by atoms with Gasteiger partial charge in [-0.2, -0.15) is 0 Å². The molecule has 1 aromatic carbocycles. The van der Waals surface area contributed by atoms with Gasteiger partial charge in [-0.3, -0.25) is 10.1 Å². The Hall–Kier alpha value is -0.890. The third-order valence-electron chi connectivity index (χ3n) is 2.59. The minimum absolute atomic E-state index is 0.203. The van der Waals surface area contributed by atoms with Crippen molar-refractivity contribution in [1.29, 1.82) is 0 Å². The second-order valence-electron chi connectivity index (χ2n) is 3.63. The highest BCUT2D eigenvalue weighted by molar-refractivity contribution is 14.1. The summed E-state index contributed by atoms with van der Waals surface area (Å²) in [6, 6.07) is 5.37. The van der Waals surface area contributed by atoms with Crippen LogP contribution < -0.4 is 10.2 Å². The summed E-state index contributed by atoms with van der Waals surface area (Å²) < 4.78 is 0.892. The number of hydrogen-bond acceptors (Lipinski definition) is 4. The molecule has 0 aromatic heterocycles. The molecule has 16 heavy (non-hydrogen) atoms. The van der Waals surface area contributed by atoms with E-state index in [1.165, 1.54) is 0 Å². The number of hydrogen-bond donors (Lipinski definition) is 1. The van der Waals surface area contributed by atoms with Crippen LogP contribution in [0.3, 0.4) is 0 Å². The van der Waals surface area contributed by atoms with E-state index in [-0.39, 0.29) is 10.6 Å². The van der Waals surface area contributed by atoms with Gasteiger partial charge in [0.15, 0.2) is 0 Å². The van der Waals surface area contributed by atoms with Gasteiger partial charge in [-0.1, -0.05) is 0 Å². The third kappa shape index (κ3) is 2.43. The Morgan fingerprint density at radius 2 is 2.06 bits per heavy atom. The predicted octanol–water partition coefficient (Wildman–Crippen LogP) is 1.61. The summed E-state index contributed by atoms with van der Waals surface area (Å²) >= 11 is 2.09. The van der Waals surface area contributed by atoms with Crippen LogP contribution in [0.2, 0.25) is 0 Å². The van der Waals surface area contributed by atoms with Gasteiger partial charge in [0.25, 0.3) is 5.69 Å². The first kappa shape index (κ1) is 11.6. The number of anilines is 1. The molecule has 0 amide bonds. The van der Waals surface area contributed by atoms with E-state index in [1.54, 1.807) is 6.07 Å². The molecule has 0 aliphatic carbocycles. The third-order valence-corrected chi connectivity index (χ3v) is 3.26. The summed E-state index contributed by atoms with van der Waals surface area (Å²) in [5.41, 5.74) is 0.931. The number of benzene rings is 1. The maximum Gasteiger partial charge on any atom is 0.293 e. The van der Waals surface area contributed by atoms with Crippen molar-refractivity contribution in [3.63, 3.8) is 0 Å². The molecule has 1 fully saturated rings. The summed E-state index contributed by atoms with van der Waals surface area (Å²) in [6.45, 7) is 3.40. The highest BCUT2D eigenvalue weighted by atomic mass is 127. The Kier molecular flexibility index (Phi) is 3.59. The van der Waals surface area contributed by atoms with E-state index >= 15 is 0 Å². The zero-order chi connectivity index (χ0) is 11.5. The van der Waals surface area contributed by atoms with Crippen molar-refractivity contribution in [2.24, 2.45) is 0 Å².